The molecular weight excluding hydrogens is 739 g/mol. The molecule has 4 atom stereocenters. The molecule has 4 amide bonds. The average Bonchev–Trinajstić information content (AvgIpc) is 4.09. The van der Waals surface area contributed by atoms with Crippen LogP contribution in [0.2, 0.25) is 0 Å². The Hall–Kier alpha value is -6.51. The van der Waals surface area contributed by atoms with Crippen LogP contribution in [-0.2, 0) is 25.5 Å². The normalized spacial score (nSPS) is 17.5. The largest absolute Gasteiger partial charge is 0.453 e. The maximum atomic E-state index is 13.9. The number of pyridine rings is 1. The number of likely N-dealkylation sites (tertiary alicyclic amines) is 2. The molecule has 0 spiro atoms. The van der Waals surface area contributed by atoms with E-state index in [1.165, 1.54) is 14.2 Å². The minimum absolute atomic E-state index is 0.109. The van der Waals surface area contributed by atoms with Gasteiger partial charge in [-0.2, -0.15) is 0 Å². The second kappa shape index (κ2) is 17.7. The van der Waals surface area contributed by atoms with Gasteiger partial charge in [0.15, 0.2) is 0 Å². The van der Waals surface area contributed by atoms with Crippen molar-refractivity contribution in [2.75, 3.05) is 27.3 Å². The van der Waals surface area contributed by atoms with Crippen LogP contribution in [0.15, 0.2) is 85.3 Å². The Kier molecular flexibility index (Phi) is 12.1. The third kappa shape index (κ3) is 8.72. The molecule has 0 aliphatic carbocycles. The number of carbonyl (C=O) groups excluding carboxylic acids is 4. The zero-order valence-corrected chi connectivity index (χ0v) is 33.1. The molecule has 5 aromatic rings. The van der Waals surface area contributed by atoms with E-state index in [4.69, 9.17) is 14.5 Å². The number of imidazole rings is 2. The Morgan fingerprint density at radius 1 is 0.690 bits per heavy atom. The average molecular weight is 788 g/mol. The Balaban J connectivity index is 1.000. The molecule has 2 fully saturated rings. The highest BCUT2D eigenvalue weighted by Crippen LogP contribution is 2.35. The van der Waals surface area contributed by atoms with E-state index in [0.29, 0.717) is 24.6 Å². The van der Waals surface area contributed by atoms with Crippen LogP contribution in [0, 0.1) is 5.92 Å². The summed E-state index contributed by atoms with van der Waals surface area (Å²) in [6, 6.07) is 19.9. The van der Waals surface area contributed by atoms with Gasteiger partial charge in [0.05, 0.1) is 50.1 Å². The van der Waals surface area contributed by atoms with Crippen molar-refractivity contribution in [2.24, 2.45) is 5.92 Å². The van der Waals surface area contributed by atoms with Crippen LogP contribution >= 0.6 is 0 Å². The van der Waals surface area contributed by atoms with Gasteiger partial charge in [-0.1, -0.05) is 68.4 Å². The first-order chi connectivity index (χ1) is 28.1. The number of rotatable bonds is 12. The van der Waals surface area contributed by atoms with Gasteiger partial charge in [-0.15, -0.1) is 0 Å². The minimum Gasteiger partial charge on any atom is -0.453 e. The number of amides is 4. The molecule has 0 radical (unpaired) electrons. The number of benzene rings is 2. The number of aromatic amines is 2. The summed E-state index contributed by atoms with van der Waals surface area (Å²) in [6.07, 6.45) is 7.36. The molecule has 5 heterocycles. The molecular formula is C43H49N9O6. The van der Waals surface area contributed by atoms with E-state index in [-0.39, 0.29) is 36.2 Å². The smallest absolute Gasteiger partial charge is 0.407 e. The molecule has 2 aromatic carbocycles. The lowest BCUT2D eigenvalue weighted by atomic mass is 10.0. The van der Waals surface area contributed by atoms with Gasteiger partial charge in [0.1, 0.15) is 23.7 Å². The number of hydrogen-bond acceptors (Lipinski definition) is 9. The first-order valence-electron chi connectivity index (χ1n) is 19.6. The van der Waals surface area contributed by atoms with E-state index >= 15 is 0 Å². The second-order valence-corrected chi connectivity index (χ2v) is 15.0. The predicted molar refractivity (Wildman–Crippen MR) is 216 cm³/mol. The van der Waals surface area contributed by atoms with Crippen molar-refractivity contribution in [3.8, 4) is 33.6 Å². The quantitative estimate of drug-likeness (QED) is 0.114. The molecule has 4 N–H and O–H groups in total. The SMILES string of the molecule is COC(=O)N[C@@H](Cc1ccccn1)C(=O)N1CCC[C@H]1c1ncc(-c2ccc(-c3ccc(-c4cnc([C@@H]5CCCN5C(=O)[C@@H](NC(=O)OC)C(C)C)[nH]4)cc3)cc2)[nH]1. The lowest BCUT2D eigenvalue weighted by Crippen LogP contribution is -2.51. The van der Waals surface area contributed by atoms with Gasteiger partial charge in [-0.05, 0) is 66.0 Å². The Morgan fingerprint density at radius 3 is 1.67 bits per heavy atom. The van der Waals surface area contributed by atoms with Gasteiger partial charge in [0.2, 0.25) is 11.8 Å². The van der Waals surface area contributed by atoms with Crippen molar-refractivity contribution in [2.45, 2.75) is 70.1 Å². The molecule has 0 bridgehead atoms. The zero-order valence-electron chi connectivity index (χ0n) is 33.1. The number of nitrogens with zero attached hydrogens (tertiary/aromatic N) is 5. The number of alkyl carbamates (subject to hydrolysis) is 2. The molecule has 15 nitrogen and oxygen atoms in total. The van der Waals surface area contributed by atoms with Crippen LogP contribution in [0.4, 0.5) is 9.59 Å². The first-order valence-corrected chi connectivity index (χ1v) is 19.6. The van der Waals surface area contributed by atoms with E-state index in [9.17, 15) is 19.2 Å². The third-order valence-electron chi connectivity index (χ3n) is 10.9. The van der Waals surface area contributed by atoms with Gasteiger partial charge >= 0.3 is 12.2 Å². The molecule has 0 saturated carbocycles. The van der Waals surface area contributed by atoms with Crippen LogP contribution in [-0.4, -0.2) is 98.1 Å². The van der Waals surface area contributed by atoms with Gasteiger partial charge in [0.25, 0.3) is 0 Å². The Morgan fingerprint density at radius 2 is 1.19 bits per heavy atom. The molecule has 2 aliphatic rings. The lowest BCUT2D eigenvalue weighted by molar-refractivity contribution is -0.135. The summed E-state index contributed by atoms with van der Waals surface area (Å²) in [5.74, 6) is 0.949. The van der Waals surface area contributed by atoms with Crippen LogP contribution in [0.3, 0.4) is 0 Å². The van der Waals surface area contributed by atoms with Crippen LogP contribution in [0.5, 0.6) is 0 Å². The van der Waals surface area contributed by atoms with E-state index in [2.05, 4.69) is 54.8 Å². The summed E-state index contributed by atoms with van der Waals surface area (Å²) in [5, 5.41) is 5.39. The number of methoxy groups -OCH3 is 2. The fourth-order valence-electron chi connectivity index (χ4n) is 7.83. The van der Waals surface area contributed by atoms with Crippen molar-refractivity contribution in [1.82, 2.24) is 45.4 Å². The standard InChI is InChI=1S/C43H49N9O6/c1-26(2)37(50-43(56)58-4)41(54)52-22-8-11-36(52)39-46-25-34(48-39)30-18-14-28(15-19-30)27-12-16-29(17-13-27)33-24-45-38(47-33)35-10-7-21-51(35)40(53)32(49-42(55)57-3)23-31-9-5-6-20-44-31/h5-6,9,12-20,24-26,32,35-37H,7-8,10-11,21-23H2,1-4H3,(H,45,47)(H,46,48)(H,49,55)(H,50,56)/t32-,35-,36-,37-/m0/s1. The monoisotopic (exact) mass is 787 g/mol. The zero-order chi connectivity index (χ0) is 40.8. The summed E-state index contributed by atoms with van der Waals surface area (Å²) in [5.41, 5.74) is 6.40. The number of ether oxygens (including phenoxy) is 2. The predicted octanol–water partition coefficient (Wildman–Crippen LogP) is 6.20. The number of nitrogens with one attached hydrogen (secondary N) is 4. The Labute approximate surface area is 337 Å². The third-order valence-corrected chi connectivity index (χ3v) is 10.9. The molecule has 3 aromatic heterocycles. The van der Waals surface area contributed by atoms with Crippen LogP contribution in [0.1, 0.15) is 69.0 Å². The number of hydrogen-bond donors (Lipinski definition) is 4. The lowest BCUT2D eigenvalue weighted by Gasteiger charge is -2.30. The molecule has 0 unspecified atom stereocenters. The van der Waals surface area contributed by atoms with E-state index in [1.807, 2.05) is 50.2 Å². The summed E-state index contributed by atoms with van der Waals surface area (Å²) < 4.78 is 9.57. The van der Waals surface area contributed by atoms with E-state index in [1.54, 1.807) is 34.5 Å². The molecule has 302 valence electrons. The second-order valence-electron chi connectivity index (χ2n) is 15.0. The van der Waals surface area contributed by atoms with Crippen LogP contribution < -0.4 is 10.6 Å². The number of carbonyl (C=O) groups is 4. The van der Waals surface area contributed by atoms with E-state index in [0.717, 1.165) is 65.1 Å². The summed E-state index contributed by atoms with van der Waals surface area (Å²) in [4.78, 5) is 75.7. The van der Waals surface area contributed by atoms with Crippen molar-refractivity contribution in [3.63, 3.8) is 0 Å². The van der Waals surface area contributed by atoms with Gasteiger partial charge in [0, 0.05) is 31.4 Å². The molecule has 2 saturated heterocycles. The topological polar surface area (TPSA) is 188 Å². The molecule has 7 rings (SSSR count). The first kappa shape index (κ1) is 39.7. The summed E-state index contributed by atoms with van der Waals surface area (Å²) in [6.45, 7) is 4.93. The van der Waals surface area contributed by atoms with Crippen molar-refractivity contribution in [3.05, 3.63) is 103 Å². The highest BCUT2D eigenvalue weighted by atomic mass is 16.5. The maximum Gasteiger partial charge on any atom is 0.407 e. The fourth-order valence-corrected chi connectivity index (χ4v) is 7.83. The number of H-pyrrole nitrogens is 2. The van der Waals surface area contributed by atoms with Gasteiger partial charge in [-0.3, -0.25) is 14.6 Å². The van der Waals surface area contributed by atoms with Crippen molar-refractivity contribution >= 4 is 24.0 Å². The minimum atomic E-state index is -0.835. The van der Waals surface area contributed by atoms with Crippen LogP contribution in [0.25, 0.3) is 33.6 Å². The molecule has 2 aliphatic heterocycles. The Bertz CT molecular complexity index is 2200. The molecule has 58 heavy (non-hydrogen) atoms. The number of aromatic nitrogens is 5. The summed E-state index contributed by atoms with van der Waals surface area (Å²) in [7, 11) is 2.56. The van der Waals surface area contributed by atoms with Crippen molar-refractivity contribution in [1.29, 1.82) is 0 Å². The molecule has 15 heteroatoms. The van der Waals surface area contributed by atoms with Gasteiger partial charge in [-0.25, -0.2) is 19.6 Å². The highest BCUT2D eigenvalue weighted by Gasteiger charge is 2.38. The highest BCUT2D eigenvalue weighted by molar-refractivity contribution is 5.87. The maximum absolute atomic E-state index is 13.9. The van der Waals surface area contributed by atoms with E-state index < -0.39 is 24.3 Å². The summed E-state index contributed by atoms with van der Waals surface area (Å²) >= 11 is 0. The fraction of sp³-hybridized carbons (Fsp3) is 0.372. The van der Waals surface area contributed by atoms with Crippen molar-refractivity contribution < 1.29 is 28.7 Å². The van der Waals surface area contributed by atoms with Gasteiger partial charge < -0.3 is 39.9 Å².